The van der Waals surface area contributed by atoms with Crippen molar-refractivity contribution in [3.8, 4) is 5.95 Å². The predicted octanol–water partition coefficient (Wildman–Crippen LogP) is 3.83. The first kappa shape index (κ1) is 12.8. The standard InChI is InChI=1S/C13H20O3/c1-3-4-5-6-7-11(2)15-13-9-8-12(10-14)16-13/h8-11H,3-7H2,1-2H3. The van der Waals surface area contributed by atoms with Crippen LogP contribution >= 0.6 is 0 Å². The van der Waals surface area contributed by atoms with Gasteiger partial charge >= 0.3 is 0 Å². The lowest BCUT2D eigenvalue weighted by Gasteiger charge is -2.11. The van der Waals surface area contributed by atoms with Crippen LogP contribution in [0.25, 0.3) is 0 Å². The fourth-order valence-corrected chi connectivity index (χ4v) is 1.58. The zero-order valence-corrected chi connectivity index (χ0v) is 10.1. The van der Waals surface area contributed by atoms with E-state index in [0.717, 1.165) is 6.42 Å². The van der Waals surface area contributed by atoms with Crippen LogP contribution in [0.15, 0.2) is 16.5 Å². The summed E-state index contributed by atoms with van der Waals surface area (Å²) >= 11 is 0. The quantitative estimate of drug-likeness (QED) is 0.497. The minimum Gasteiger partial charge on any atom is -0.462 e. The van der Waals surface area contributed by atoms with Crippen molar-refractivity contribution in [2.24, 2.45) is 0 Å². The molecule has 0 amide bonds. The van der Waals surface area contributed by atoms with Crippen LogP contribution in [-0.4, -0.2) is 12.4 Å². The number of carbonyl (C=O) groups is 1. The van der Waals surface area contributed by atoms with Crippen molar-refractivity contribution in [3.63, 3.8) is 0 Å². The predicted molar refractivity (Wildman–Crippen MR) is 62.9 cm³/mol. The van der Waals surface area contributed by atoms with E-state index in [1.807, 2.05) is 6.92 Å². The zero-order chi connectivity index (χ0) is 11.8. The minimum atomic E-state index is 0.141. The van der Waals surface area contributed by atoms with Crippen molar-refractivity contribution in [1.29, 1.82) is 0 Å². The molecule has 1 rings (SSSR count). The van der Waals surface area contributed by atoms with E-state index in [1.165, 1.54) is 25.7 Å². The number of hydrogen-bond donors (Lipinski definition) is 0. The summed E-state index contributed by atoms with van der Waals surface area (Å²) in [6, 6.07) is 3.30. The summed E-state index contributed by atoms with van der Waals surface area (Å²) in [5.74, 6) is 0.748. The first-order chi connectivity index (χ1) is 7.76. The third kappa shape index (κ3) is 4.51. The average Bonchev–Trinajstić information content (AvgIpc) is 2.72. The molecule has 3 nitrogen and oxygen atoms in total. The number of unbranched alkanes of at least 4 members (excludes halogenated alkanes) is 3. The van der Waals surface area contributed by atoms with Gasteiger partial charge < -0.3 is 9.15 Å². The fourth-order valence-electron chi connectivity index (χ4n) is 1.58. The molecule has 1 unspecified atom stereocenters. The lowest BCUT2D eigenvalue weighted by Crippen LogP contribution is -2.10. The average molecular weight is 224 g/mol. The van der Waals surface area contributed by atoms with Crippen molar-refractivity contribution in [2.45, 2.75) is 52.1 Å². The Bertz CT molecular complexity index is 304. The Morgan fingerprint density at radius 2 is 2.19 bits per heavy atom. The molecular weight excluding hydrogens is 204 g/mol. The highest BCUT2D eigenvalue weighted by Gasteiger charge is 2.07. The van der Waals surface area contributed by atoms with Crippen LogP contribution in [0.1, 0.15) is 56.5 Å². The van der Waals surface area contributed by atoms with E-state index in [9.17, 15) is 4.79 Å². The number of ether oxygens (including phenoxy) is 1. The summed E-state index contributed by atoms with van der Waals surface area (Å²) in [6.45, 7) is 4.22. The van der Waals surface area contributed by atoms with E-state index in [0.29, 0.717) is 18.0 Å². The van der Waals surface area contributed by atoms with Crippen molar-refractivity contribution in [3.05, 3.63) is 17.9 Å². The molecule has 1 heterocycles. The normalized spacial score (nSPS) is 12.4. The molecule has 0 saturated carbocycles. The molecule has 0 aliphatic carbocycles. The van der Waals surface area contributed by atoms with Crippen LogP contribution in [0.4, 0.5) is 0 Å². The molecule has 0 aliphatic rings. The van der Waals surface area contributed by atoms with Gasteiger partial charge in [-0.05, 0) is 25.8 Å². The highest BCUT2D eigenvalue weighted by atomic mass is 16.6. The highest BCUT2D eigenvalue weighted by Crippen LogP contribution is 2.18. The Kier molecular flexibility index (Phi) is 5.68. The van der Waals surface area contributed by atoms with Crippen molar-refractivity contribution >= 4 is 6.29 Å². The molecule has 1 aromatic rings. The topological polar surface area (TPSA) is 39.4 Å². The number of furan rings is 1. The number of carbonyl (C=O) groups excluding carboxylic acids is 1. The van der Waals surface area contributed by atoms with Crippen LogP contribution in [0.3, 0.4) is 0 Å². The van der Waals surface area contributed by atoms with Gasteiger partial charge in [0, 0.05) is 6.07 Å². The Labute approximate surface area is 96.8 Å². The van der Waals surface area contributed by atoms with E-state index in [4.69, 9.17) is 9.15 Å². The van der Waals surface area contributed by atoms with Gasteiger partial charge in [0.25, 0.3) is 5.95 Å². The van der Waals surface area contributed by atoms with E-state index in [2.05, 4.69) is 6.92 Å². The van der Waals surface area contributed by atoms with Crippen molar-refractivity contribution in [1.82, 2.24) is 0 Å². The second kappa shape index (κ2) is 7.09. The monoisotopic (exact) mass is 224 g/mol. The molecule has 0 N–H and O–H groups in total. The molecule has 0 fully saturated rings. The molecule has 16 heavy (non-hydrogen) atoms. The molecule has 0 radical (unpaired) electrons. The summed E-state index contributed by atoms with van der Waals surface area (Å²) in [5, 5.41) is 0. The first-order valence-electron chi connectivity index (χ1n) is 5.98. The molecule has 0 spiro atoms. The summed E-state index contributed by atoms with van der Waals surface area (Å²) in [4.78, 5) is 10.4. The molecule has 0 bridgehead atoms. The lowest BCUT2D eigenvalue weighted by atomic mass is 10.1. The van der Waals surface area contributed by atoms with E-state index in [1.54, 1.807) is 12.1 Å². The lowest BCUT2D eigenvalue weighted by molar-refractivity contribution is 0.107. The van der Waals surface area contributed by atoms with Crippen molar-refractivity contribution < 1.29 is 13.9 Å². The van der Waals surface area contributed by atoms with Gasteiger partial charge in [-0.3, -0.25) is 4.79 Å². The van der Waals surface area contributed by atoms with Gasteiger partial charge in [0.1, 0.15) is 0 Å². The fraction of sp³-hybridized carbons (Fsp3) is 0.615. The number of hydrogen-bond acceptors (Lipinski definition) is 3. The highest BCUT2D eigenvalue weighted by molar-refractivity contribution is 5.70. The second-order valence-corrected chi connectivity index (χ2v) is 4.05. The molecule has 1 aromatic heterocycles. The maximum atomic E-state index is 10.4. The molecule has 3 heteroatoms. The molecule has 90 valence electrons. The van der Waals surface area contributed by atoms with Gasteiger partial charge in [-0.1, -0.05) is 26.2 Å². The number of rotatable bonds is 8. The van der Waals surface area contributed by atoms with Crippen molar-refractivity contribution in [2.75, 3.05) is 0 Å². The summed E-state index contributed by atoms with van der Waals surface area (Å²) < 4.78 is 10.7. The van der Waals surface area contributed by atoms with Gasteiger partial charge in [-0.2, -0.15) is 0 Å². The van der Waals surface area contributed by atoms with E-state index >= 15 is 0 Å². The Balaban J connectivity index is 2.22. The summed E-state index contributed by atoms with van der Waals surface area (Å²) in [5.41, 5.74) is 0. The van der Waals surface area contributed by atoms with Crippen LogP contribution in [0.2, 0.25) is 0 Å². The van der Waals surface area contributed by atoms with Crippen LogP contribution in [-0.2, 0) is 0 Å². The third-order valence-corrected chi connectivity index (χ3v) is 2.50. The third-order valence-electron chi connectivity index (χ3n) is 2.50. The van der Waals surface area contributed by atoms with Crippen LogP contribution < -0.4 is 4.74 Å². The largest absolute Gasteiger partial charge is 0.462 e. The second-order valence-electron chi connectivity index (χ2n) is 4.05. The Morgan fingerprint density at radius 1 is 1.38 bits per heavy atom. The Hall–Kier alpha value is -1.25. The van der Waals surface area contributed by atoms with Crippen LogP contribution in [0.5, 0.6) is 5.95 Å². The minimum absolute atomic E-state index is 0.141. The molecule has 0 aromatic carbocycles. The molecule has 0 saturated heterocycles. The van der Waals surface area contributed by atoms with Gasteiger partial charge in [0.05, 0.1) is 6.10 Å². The van der Waals surface area contributed by atoms with Gasteiger partial charge in [0.15, 0.2) is 12.0 Å². The van der Waals surface area contributed by atoms with E-state index in [-0.39, 0.29) is 6.10 Å². The molecule has 0 aliphatic heterocycles. The Morgan fingerprint density at radius 3 is 2.81 bits per heavy atom. The smallest absolute Gasteiger partial charge is 0.285 e. The van der Waals surface area contributed by atoms with E-state index < -0.39 is 0 Å². The maximum Gasteiger partial charge on any atom is 0.285 e. The maximum absolute atomic E-state index is 10.4. The van der Waals surface area contributed by atoms with Gasteiger partial charge in [-0.15, -0.1) is 0 Å². The summed E-state index contributed by atoms with van der Waals surface area (Å²) in [6.07, 6.45) is 6.80. The zero-order valence-electron chi connectivity index (χ0n) is 10.1. The van der Waals surface area contributed by atoms with Gasteiger partial charge in [-0.25, -0.2) is 0 Å². The van der Waals surface area contributed by atoms with Crippen LogP contribution in [0, 0.1) is 0 Å². The van der Waals surface area contributed by atoms with Gasteiger partial charge in [0.2, 0.25) is 0 Å². The SMILES string of the molecule is CCCCCCC(C)Oc1ccc(C=O)o1. The summed E-state index contributed by atoms with van der Waals surface area (Å²) in [7, 11) is 0. The first-order valence-corrected chi connectivity index (χ1v) is 5.98. The molecular formula is C13H20O3. The molecule has 1 atom stereocenters. The number of aldehydes is 1.